The van der Waals surface area contributed by atoms with Crippen molar-refractivity contribution in [3.8, 4) is 5.75 Å². The summed E-state index contributed by atoms with van der Waals surface area (Å²) < 4.78 is 32.9. The minimum Gasteiger partial charge on any atom is -0.495 e. The molecule has 0 radical (unpaired) electrons. The molecular weight excluding hydrogens is 504 g/mol. The summed E-state index contributed by atoms with van der Waals surface area (Å²) in [5.74, 6) is -0.255. The summed E-state index contributed by atoms with van der Waals surface area (Å²) in [4.78, 5) is 29.6. The number of halogens is 1. The molecule has 0 aliphatic carbocycles. The van der Waals surface area contributed by atoms with Crippen LogP contribution in [-0.4, -0.2) is 87.8 Å². The average Bonchev–Trinajstić information content (AvgIpc) is 2.89. The van der Waals surface area contributed by atoms with Crippen molar-refractivity contribution in [3.63, 3.8) is 0 Å². The second-order valence-corrected chi connectivity index (χ2v) is 11.5. The number of sulfonamides is 1. The Hall–Kier alpha value is -2.66. The summed E-state index contributed by atoms with van der Waals surface area (Å²) in [7, 11) is -0.357. The lowest BCUT2D eigenvalue weighted by Crippen LogP contribution is -2.47. The van der Waals surface area contributed by atoms with E-state index in [1.807, 2.05) is 11.9 Å². The second kappa shape index (κ2) is 11.2. The van der Waals surface area contributed by atoms with Crippen molar-refractivity contribution in [2.24, 2.45) is 5.92 Å². The summed E-state index contributed by atoms with van der Waals surface area (Å²) >= 11 is 6.02. The fourth-order valence-electron chi connectivity index (χ4n) is 4.48. The van der Waals surface area contributed by atoms with Crippen LogP contribution < -0.4 is 10.1 Å². The van der Waals surface area contributed by atoms with Gasteiger partial charge in [0.2, 0.25) is 15.9 Å². The number of carbonyl (C=O) groups is 2. The molecule has 36 heavy (non-hydrogen) atoms. The standard InChI is InChI=1S/C25H31ClN4O5S/c1-28-13-15-29(16-14-28)25(32)19-3-6-21(7-4-19)27-24(31)18-9-11-30(12-10-18)36(33,34)23-17-20(26)5-8-22(23)35-2/h3-8,17-18H,9-16H2,1-2H3,(H,27,31). The molecule has 2 heterocycles. The Morgan fingerprint density at radius 3 is 2.22 bits per heavy atom. The molecule has 2 fully saturated rings. The maximum absolute atomic E-state index is 13.2. The molecular formula is C25H31ClN4O5S. The predicted octanol–water partition coefficient (Wildman–Crippen LogP) is 2.78. The van der Waals surface area contributed by atoms with E-state index in [4.69, 9.17) is 16.3 Å². The first-order valence-electron chi connectivity index (χ1n) is 11.9. The number of amides is 2. The Bertz CT molecular complexity index is 1210. The zero-order chi connectivity index (χ0) is 25.9. The van der Waals surface area contributed by atoms with E-state index in [0.717, 1.165) is 13.1 Å². The van der Waals surface area contributed by atoms with Gasteiger partial charge in [-0.25, -0.2) is 8.42 Å². The highest BCUT2D eigenvalue weighted by Crippen LogP contribution is 2.32. The normalized spacial score (nSPS) is 18.1. The van der Waals surface area contributed by atoms with Gasteiger partial charge in [0.15, 0.2) is 0 Å². The Morgan fingerprint density at radius 2 is 1.61 bits per heavy atom. The molecule has 0 atom stereocenters. The van der Waals surface area contributed by atoms with E-state index in [1.54, 1.807) is 30.3 Å². The van der Waals surface area contributed by atoms with Crippen LogP contribution in [0.1, 0.15) is 23.2 Å². The first-order chi connectivity index (χ1) is 17.2. The molecule has 2 aliphatic rings. The van der Waals surface area contributed by atoms with Gasteiger partial charge in [0.05, 0.1) is 7.11 Å². The Kier molecular flexibility index (Phi) is 8.19. The van der Waals surface area contributed by atoms with E-state index in [1.165, 1.54) is 23.5 Å². The SMILES string of the molecule is COc1ccc(Cl)cc1S(=O)(=O)N1CCC(C(=O)Nc2ccc(C(=O)N3CCN(C)CC3)cc2)CC1. The third-order valence-electron chi connectivity index (χ3n) is 6.76. The summed E-state index contributed by atoms with van der Waals surface area (Å²) in [6, 6.07) is 11.4. The smallest absolute Gasteiger partial charge is 0.253 e. The van der Waals surface area contributed by atoms with Crippen LogP contribution in [0.25, 0.3) is 0 Å². The highest BCUT2D eigenvalue weighted by molar-refractivity contribution is 7.89. The molecule has 2 aromatic rings. The van der Waals surface area contributed by atoms with Gasteiger partial charge in [-0.1, -0.05) is 11.6 Å². The van der Waals surface area contributed by atoms with Gasteiger partial charge in [0.1, 0.15) is 10.6 Å². The largest absolute Gasteiger partial charge is 0.495 e. The van der Waals surface area contributed by atoms with Crippen LogP contribution in [0.5, 0.6) is 5.75 Å². The van der Waals surface area contributed by atoms with Crippen molar-refractivity contribution in [3.05, 3.63) is 53.1 Å². The first kappa shape index (κ1) is 26.4. The Morgan fingerprint density at radius 1 is 0.972 bits per heavy atom. The number of anilines is 1. The van der Waals surface area contributed by atoms with Gasteiger partial charge < -0.3 is 19.9 Å². The van der Waals surface area contributed by atoms with Crippen molar-refractivity contribution >= 4 is 39.1 Å². The van der Waals surface area contributed by atoms with Crippen molar-refractivity contribution in [1.82, 2.24) is 14.1 Å². The number of hydrogen-bond acceptors (Lipinski definition) is 6. The third kappa shape index (κ3) is 5.83. The van der Waals surface area contributed by atoms with Gasteiger partial charge >= 0.3 is 0 Å². The second-order valence-electron chi connectivity index (χ2n) is 9.14. The molecule has 2 amide bonds. The Labute approximate surface area is 217 Å². The third-order valence-corrected chi connectivity index (χ3v) is 8.91. The predicted molar refractivity (Wildman–Crippen MR) is 138 cm³/mol. The van der Waals surface area contributed by atoms with Gasteiger partial charge in [-0.05, 0) is 62.4 Å². The fraction of sp³-hybridized carbons (Fsp3) is 0.440. The van der Waals surface area contributed by atoms with Gasteiger partial charge in [0.25, 0.3) is 5.91 Å². The van der Waals surface area contributed by atoms with E-state index in [-0.39, 0.29) is 41.5 Å². The van der Waals surface area contributed by atoms with E-state index in [2.05, 4.69) is 10.2 Å². The lowest BCUT2D eigenvalue weighted by Gasteiger charge is -2.32. The molecule has 1 N–H and O–H groups in total. The number of hydrogen-bond donors (Lipinski definition) is 1. The van der Waals surface area contributed by atoms with Gasteiger partial charge in [0, 0.05) is 61.5 Å². The molecule has 11 heteroatoms. The van der Waals surface area contributed by atoms with Crippen LogP contribution in [0.15, 0.2) is 47.4 Å². The summed E-state index contributed by atoms with van der Waals surface area (Å²) in [6.07, 6.45) is 0.793. The van der Waals surface area contributed by atoms with E-state index in [9.17, 15) is 18.0 Å². The number of benzene rings is 2. The number of methoxy groups -OCH3 is 1. The molecule has 0 bridgehead atoms. The number of piperidine rings is 1. The zero-order valence-electron chi connectivity index (χ0n) is 20.4. The molecule has 4 rings (SSSR count). The molecule has 2 saturated heterocycles. The number of carbonyl (C=O) groups excluding carboxylic acids is 2. The molecule has 0 saturated carbocycles. The lowest BCUT2D eigenvalue weighted by atomic mass is 9.97. The van der Waals surface area contributed by atoms with Gasteiger partial charge in [-0.15, -0.1) is 0 Å². The zero-order valence-corrected chi connectivity index (χ0v) is 22.0. The number of rotatable bonds is 6. The maximum Gasteiger partial charge on any atom is 0.253 e. The number of nitrogens with one attached hydrogen (secondary N) is 1. The van der Waals surface area contributed by atoms with Crippen molar-refractivity contribution in [2.75, 3.05) is 58.7 Å². The molecule has 0 aromatic heterocycles. The number of nitrogens with zero attached hydrogens (tertiary/aromatic N) is 3. The molecule has 194 valence electrons. The minimum absolute atomic E-state index is 0.00843. The fourth-order valence-corrected chi connectivity index (χ4v) is 6.37. The van der Waals surface area contributed by atoms with Crippen LogP contribution in [0, 0.1) is 5.92 Å². The number of ether oxygens (including phenoxy) is 1. The lowest BCUT2D eigenvalue weighted by molar-refractivity contribution is -0.120. The van der Waals surface area contributed by atoms with Crippen LogP contribution in [-0.2, 0) is 14.8 Å². The van der Waals surface area contributed by atoms with Crippen molar-refractivity contribution < 1.29 is 22.7 Å². The number of likely N-dealkylation sites (N-methyl/N-ethyl adjacent to an activating group) is 1. The Balaban J connectivity index is 1.33. The molecule has 2 aliphatic heterocycles. The monoisotopic (exact) mass is 534 g/mol. The topological polar surface area (TPSA) is 99.3 Å². The summed E-state index contributed by atoms with van der Waals surface area (Å²) in [5.41, 5.74) is 1.20. The minimum atomic E-state index is -3.81. The summed E-state index contributed by atoms with van der Waals surface area (Å²) in [6.45, 7) is 3.54. The maximum atomic E-state index is 13.2. The average molecular weight is 535 g/mol. The van der Waals surface area contributed by atoms with E-state index in [0.29, 0.717) is 42.2 Å². The molecule has 0 spiro atoms. The molecule has 9 nitrogen and oxygen atoms in total. The van der Waals surface area contributed by atoms with Crippen LogP contribution in [0.2, 0.25) is 5.02 Å². The van der Waals surface area contributed by atoms with Crippen LogP contribution in [0.3, 0.4) is 0 Å². The summed E-state index contributed by atoms with van der Waals surface area (Å²) in [5, 5.41) is 3.20. The quantitative estimate of drug-likeness (QED) is 0.612. The van der Waals surface area contributed by atoms with E-state index >= 15 is 0 Å². The first-order valence-corrected chi connectivity index (χ1v) is 13.7. The van der Waals surface area contributed by atoms with Crippen LogP contribution >= 0.6 is 11.6 Å². The molecule has 0 unspecified atom stereocenters. The van der Waals surface area contributed by atoms with Crippen molar-refractivity contribution in [2.45, 2.75) is 17.7 Å². The highest BCUT2D eigenvalue weighted by Gasteiger charge is 2.34. The van der Waals surface area contributed by atoms with Gasteiger partial charge in [-0.2, -0.15) is 4.31 Å². The van der Waals surface area contributed by atoms with Crippen molar-refractivity contribution in [1.29, 1.82) is 0 Å². The molecule has 2 aromatic carbocycles. The van der Waals surface area contributed by atoms with Gasteiger partial charge in [-0.3, -0.25) is 9.59 Å². The number of piperazine rings is 1. The highest BCUT2D eigenvalue weighted by atomic mass is 35.5. The van der Waals surface area contributed by atoms with E-state index < -0.39 is 10.0 Å². The van der Waals surface area contributed by atoms with Crippen LogP contribution in [0.4, 0.5) is 5.69 Å².